The monoisotopic (exact) mass is 270 g/mol. The van der Waals surface area contributed by atoms with Crippen LogP contribution < -0.4 is 4.90 Å². The van der Waals surface area contributed by atoms with Crippen molar-refractivity contribution >= 4 is 23.5 Å². The molecule has 1 aliphatic heterocycles. The molecular weight excluding hydrogens is 255 g/mol. The van der Waals surface area contributed by atoms with Crippen molar-refractivity contribution in [2.75, 3.05) is 23.7 Å². The molecule has 2 heterocycles. The lowest BCUT2D eigenvalue weighted by molar-refractivity contribution is 0.0696. The zero-order valence-electron chi connectivity index (χ0n) is 10.3. The van der Waals surface area contributed by atoms with Gasteiger partial charge in [-0.2, -0.15) is 11.8 Å². The highest BCUT2D eigenvalue weighted by atomic mass is 32.2. The van der Waals surface area contributed by atoms with Gasteiger partial charge in [0.25, 0.3) is 0 Å². The standard InChI is InChI=1S/C12H15FN2O2S/c1-12(2)7-15(3-4-18-12)10-9(11(16)17)5-8(13)6-14-10/h5-6H,3-4,7H2,1-2H3,(H,16,17). The predicted molar refractivity (Wildman–Crippen MR) is 69.9 cm³/mol. The summed E-state index contributed by atoms with van der Waals surface area (Å²) in [5.41, 5.74) is -0.0716. The van der Waals surface area contributed by atoms with Crippen molar-refractivity contribution in [3.63, 3.8) is 0 Å². The van der Waals surface area contributed by atoms with Gasteiger partial charge >= 0.3 is 5.97 Å². The SMILES string of the molecule is CC1(C)CN(c2ncc(F)cc2C(=O)O)CCS1. The number of carboxylic acid groups (broad SMARTS) is 1. The largest absolute Gasteiger partial charge is 0.478 e. The molecule has 0 atom stereocenters. The van der Waals surface area contributed by atoms with Gasteiger partial charge in [-0.05, 0) is 19.9 Å². The van der Waals surface area contributed by atoms with Crippen molar-refractivity contribution in [1.82, 2.24) is 4.98 Å². The molecule has 18 heavy (non-hydrogen) atoms. The summed E-state index contributed by atoms with van der Waals surface area (Å²) in [7, 11) is 0. The van der Waals surface area contributed by atoms with E-state index in [0.717, 1.165) is 24.6 Å². The van der Waals surface area contributed by atoms with Crippen LogP contribution in [0.15, 0.2) is 12.3 Å². The zero-order valence-corrected chi connectivity index (χ0v) is 11.1. The molecule has 0 unspecified atom stereocenters. The molecule has 6 heteroatoms. The zero-order chi connectivity index (χ0) is 13.3. The Balaban J connectivity index is 2.35. The van der Waals surface area contributed by atoms with Crippen molar-refractivity contribution < 1.29 is 14.3 Å². The Morgan fingerprint density at radius 3 is 2.94 bits per heavy atom. The van der Waals surface area contributed by atoms with Crippen LogP contribution in [0.25, 0.3) is 0 Å². The number of carboxylic acids is 1. The Morgan fingerprint density at radius 2 is 2.33 bits per heavy atom. The van der Waals surface area contributed by atoms with E-state index in [4.69, 9.17) is 5.11 Å². The molecule has 2 rings (SSSR count). The number of halogens is 1. The van der Waals surface area contributed by atoms with Crippen molar-refractivity contribution in [1.29, 1.82) is 0 Å². The van der Waals surface area contributed by atoms with Crippen LogP contribution in [0.2, 0.25) is 0 Å². The second-order valence-electron chi connectivity index (χ2n) is 4.86. The fourth-order valence-corrected chi connectivity index (χ4v) is 3.15. The maximum atomic E-state index is 13.1. The van der Waals surface area contributed by atoms with Crippen LogP contribution in [-0.4, -0.2) is 39.6 Å². The van der Waals surface area contributed by atoms with E-state index < -0.39 is 11.8 Å². The number of thioether (sulfide) groups is 1. The normalized spacial score (nSPS) is 18.7. The molecule has 1 saturated heterocycles. The molecule has 0 spiro atoms. The minimum atomic E-state index is -1.15. The number of nitrogens with zero attached hydrogens (tertiary/aromatic N) is 2. The van der Waals surface area contributed by atoms with Gasteiger partial charge in [0.2, 0.25) is 0 Å². The molecule has 1 fully saturated rings. The van der Waals surface area contributed by atoms with Crippen molar-refractivity contribution in [3.8, 4) is 0 Å². The topological polar surface area (TPSA) is 53.4 Å². The van der Waals surface area contributed by atoms with Crippen molar-refractivity contribution in [3.05, 3.63) is 23.6 Å². The van der Waals surface area contributed by atoms with E-state index in [1.807, 2.05) is 16.7 Å². The lowest BCUT2D eigenvalue weighted by atomic mass is 10.1. The van der Waals surface area contributed by atoms with E-state index in [2.05, 4.69) is 18.8 Å². The molecule has 1 aliphatic rings. The summed E-state index contributed by atoms with van der Waals surface area (Å²) < 4.78 is 13.1. The second-order valence-corrected chi connectivity index (χ2v) is 6.66. The third kappa shape index (κ3) is 2.75. The fourth-order valence-electron chi connectivity index (χ4n) is 2.04. The first-order chi connectivity index (χ1) is 8.39. The molecule has 0 aliphatic carbocycles. The van der Waals surface area contributed by atoms with Crippen LogP contribution in [0.3, 0.4) is 0 Å². The van der Waals surface area contributed by atoms with Crippen molar-refractivity contribution in [2.24, 2.45) is 0 Å². The van der Waals surface area contributed by atoms with Crippen LogP contribution >= 0.6 is 11.8 Å². The van der Waals surface area contributed by atoms with Gasteiger partial charge in [-0.15, -0.1) is 0 Å². The van der Waals surface area contributed by atoms with Gasteiger partial charge in [-0.3, -0.25) is 0 Å². The molecule has 1 N–H and O–H groups in total. The molecule has 1 aromatic rings. The number of pyridine rings is 1. The van der Waals surface area contributed by atoms with Gasteiger partial charge in [0.1, 0.15) is 17.2 Å². The molecule has 98 valence electrons. The Kier molecular flexibility index (Phi) is 3.47. The number of anilines is 1. The number of hydrogen-bond donors (Lipinski definition) is 1. The summed E-state index contributed by atoms with van der Waals surface area (Å²) in [5, 5.41) is 9.11. The minimum Gasteiger partial charge on any atom is -0.478 e. The summed E-state index contributed by atoms with van der Waals surface area (Å²) in [6.07, 6.45) is 1.07. The van der Waals surface area contributed by atoms with Crippen LogP contribution in [0, 0.1) is 5.82 Å². The first-order valence-electron chi connectivity index (χ1n) is 5.67. The molecule has 0 radical (unpaired) electrons. The third-order valence-electron chi connectivity index (χ3n) is 2.79. The lowest BCUT2D eigenvalue weighted by Crippen LogP contribution is -2.44. The molecule has 4 nitrogen and oxygen atoms in total. The molecular formula is C12H15FN2O2S. The highest BCUT2D eigenvalue weighted by Gasteiger charge is 2.30. The number of hydrogen-bond acceptors (Lipinski definition) is 4. The fraction of sp³-hybridized carbons (Fsp3) is 0.500. The van der Waals surface area contributed by atoms with Gasteiger partial charge in [-0.25, -0.2) is 14.2 Å². The second kappa shape index (κ2) is 4.76. The Morgan fingerprint density at radius 1 is 1.61 bits per heavy atom. The van der Waals surface area contributed by atoms with Crippen LogP contribution in [0.4, 0.5) is 10.2 Å². The van der Waals surface area contributed by atoms with E-state index in [1.165, 1.54) is 0 Å². The highest BCUT2D eigenvalue weighted by Crippen LogP contribution is 2.32. The van der Waals surface area contributed by atoms with E-state index in [1.54, 1.807) is 0 Å². The molecule has 1 aromatic heterocycles. The number of aromatic carboxylic acids is 1. The van der Waals surface area contributed by atoms with Gasteiger partial charge < -0.3 is 10.0 Å². The van der Waals surface area contributed by atoms with Crippen molar-refractivity contribution in [2.45, 2.75) is 18.6 Å². The molecule has 0 amide bonds. The first kappa shape index (κ1) is 13.1. The minimum absolute atomic E-state index is 0.0457. The number of aromatic nitrogens is 1. The van der Waals surface area contributed by atoms with Gasteiger partial charge in [0.15, 0.2) is 0 Å². The summed E-state index contributed by atoms with van der Waals surface area (Å²) >= 11 is 1.85. The van der Waals surface area contributed by atoms with Gasteiger partial charge in [-0.1, -0.05) is 0 Å². The summed E-state index contributed by atoms with van der Waals surface area (Å²) in [5.74, 6) is -0.502. The average Bonchev–Trinajstić information content (AvgIpc) is 2.27. The molecule has 0 bridgehead atoms. The predicted octanol–water partition coefficient (Wildman–Crippen LogP) is 2.25. The summed E-state index contributed by atoms with van der Waals surface area (Å²) in [6, 6.07) is 1.03. The van der Waals surface area contributed by atoms with E-state index in [0.29, 0.717) is 12.4 Å². The van der Waals surface area contributed by atoms with E-state index in [9.17, 15) is 9.18 Å². The highest BCUT2D eigenvalue weighted by molar-refractivity contribution is 8.00. The lowest BCUT2D eigenvalue weighted by Gasteiger charge is -2.38. The third-order valence-corrected chi connectivity index (χ3v) is 4.09. The Hall–Kier alpha value is -1.30. The van der Waals surface area contributed by atoms with E-state index in [-0.39, 0.29) is 10.3 Å². The molecule has 0 saturated carbocycles. The number of carbonyl (C=O) groups is 1. The first-order valence-corrected chi connectivity index (χ1v) is 6.65. The number of rotatable bonds is 2. The van der Waals surface area contributed by atoms with Crippen LogP contribution in [-0.2, 0) is 0 Å². The maximum Gasteiger partial charge on any atom is 0.339 e. The maximum absolute atomic E-state index is 13.1. The smallest absolute Gasteiger partial charge is 0.339 e. The van der Waals surface area contributed by atoms with Crippen LogP contribution in [0.5, 0.6) is 0 Å². The van der Waals surface area contributed by atoms with Gasteiger partial charge in [0, 0.05) is 23.6 Å². The Bertz CT molecular complexity index is 479. The van der Waals surface area contributed by atoms with Crippen LogP contribution in [0.1, 0.15) is 24.2 Å². The summed E-state index contributed by atoms with van der Waals surface area (Å²) in [6.45, 7) is 5.64. The average molecular weight is 270 g/mol. The van der Waals surface area contributed by atoms with Gasteiger partial charge in [0.05, 0.1) is 6.20 Å². The summed E-state index contributed by atoms with van der Waals surface area (Å²) in [4.78, 5) is 17.0. The quantitative estimate of drug-likeness (QED) is 0.893. The van der Waals surface area contributed by atoms with E-state index >= 15 is 0 Å². The Labute approximate surface area is 109 Å². The molecule has 0 aromatic carbocycles.